The van der Waals surface area contributed by atoms with Gasteiger partial charge in [-0.05, 0) is 37.3 Å². The number of rotatable bonds is 5. The van der Waals surface area contributed by atoms with E-state index in [1.165, 1.54) is 16.7 Å². The summed E-state index contributed by atoms with van der Waals surface area (Å²) >= 11 is 0. The molecule has 2 atom stereocenters. The molecule has 0 bridgehead atoms. The van der Waals surface area contributed by atoms with Gasteiger partial charge in [-0.2, -0.15) is 0 Å². The zero-order valence-corrected chi connectivity index (χ0v) is 12.5. The molecule has 0 fully saturated rings. The Morgan fingerprint density at radius 1 is 0.850 bits per heavy atom. The van der Waals surface area contributed by atoms with Crippen LogP contribution in [-0.4, -0.2) is 6.29 Å². The summed E-state index contributed by atoms with van der Waals surface area (Å²) in [6, 6.07) is 16.9. The summed E-state index contributed by atoms with van der Waals surface area (Å²) < 4.78 is 0. The van der Waals surface area contributed by atoms with Crippen molar-refractivity contribution in [1.29, 1.82) is 0 Å². The topological polar surface area (TPSA) is 17.1 Å². The number of carbonyl (C=O) groups excluding carboxylic acids is 1. The zero-order chi connectivity index (χ0) is 14.5. The molecule has 2 rings (SSSR count). The number of aldehydes is 1. The van der Waals surface area contributed by atoms with Crippen LogP contribution in [0.4, 0.5) is 0 Å². The van der Waals surface area contributed by atoms with E-state index in [0.29, 0.717) is 5.92 Å². The van der Waals surface area contributed by atoms with E-state index in [4.69, 9.17) is 0 Å². The lowest BCUT2D eigenvalue weighted by molar-refractivity contribution is -0.109. The van der Waals surface area contributed by atoms with E-state index in [0.717, 1.165) is 18.3 Å². The minimum Gasteiger partial charge on any atom is -0.303 e. The molecule has 0 aliphatic carbocycles. The average Bonchev–Trinajstić information content (AvgIpc) is 2.46. The highest BCUT2D eigenvalue weighted by Gasteiger charge is 2.15. The molecular weight excluding hydrogens is 244 g/mol. The Balaban J connectivity index is 2.11. The van der Waals surface area contributed by atoms with E-state index in [2.05, 4.69) is 69.3 Å². The van der Waals surface area contributed by atoms with Gasteiger partial charge in [-0.3, -0.25) is 0 Å². The number of hydrogen-bond acceptors (Lipinski definition) is 1. The second-order valence-corrected chi connectivity index (χ2v) is 5.70. The molecule has 0 heterocycles. The first-order valence-corrected chi connectivity index (χ1v) is 7.18. The summed E-state index contributed by atoms with van der Waals surface area (Å²) in [5.74, 6) is 0.360. The maximum absolute atomic E-state index is 11.4. The van der Waals surface area contributed by atoms with Crippen LogP contribution in [0.25, 0.3) is 0 Å². The normalized spacial score (nSPS) is 13.8. The van der Waals surface area contributed by atoms with Crippen LogP contribution in [0.15, 0.2) is 48.5 Å². The third-order valence-corrected chi connectivity index (χ3v) is 3.92. The minimum atomic E-state index is -0.0214. The lowest BCUT2D eigenvalue weighted by Crippen LogP contribution is -2.06. The highest BCUT2D eigenvalue weighted by atomic mass is 16.1. The van der Waals surface area contributed by atoms with Gasteiger partial charge in [0, 0.05) is 5.92 Å². The first kappa shape index (κ1) is 14.5. The first-order chi connectivity index (χ1) is 9.60. The van der Waals surface area contributed by atoms with Gasteiger partial charge in [0.1, 0.15) is 6.29 Å². The lowest BCUT2D eigenvalue weighted by Gasteiger charge is -2.17. The molecule has 2 aromatic carbocycles. The molecule has 0 aromatic heterocycles. The van der Waals surface area contributed by atoms with Crippen molar-refractivity contribution in [1.82, 2.24) is 0 Å². The van der Waals surface area contributed by atoms with Gasteiger partial charge in [0.05, 0.1) is 0 Å². The fourth-order valence-electron chi connectivity index (χ4n) is 2.50. The average molecular weight is 266 g/mol. The molecule has 0 spiro atoms. The Hall–Kier alpha value is -1.89. The molecule has 104 valence electrons. The molecule has 0 aliphatic heterocycles. The molecule has 0 aliphatic rings. The van der Waals surface area contributed by atoms with Crippen LogP contribution in [0.5, 0.6) is 0 Å². The molecule has 2 unspecified atom stereocenters. The van der Waals surface area contributed by atoms with Crippen molar-refractivity contribution in [3.05, 3.63) is 70.8 Å². The van der Waals surface area contributed by atoms with Gasteiger partial charge in [-0.15, -0.1) is 0 Å². The number of carbonyl (C=O) groups is 1. The van der Waals surface area contributed by atoms with E-state index in [9.17, 15) is 4.79 Å². The summed E-state index contributed by atoms with van der Waals surface area (Å²) in [6.07, 6.45) is 1.94. The largest absolute Gasteiger partial charge is 0.303 e. The van der Waals surface area contributed by atoms with Gasteiger partial charge in [-0.1, -0.05) is 66.6 Å². The maximum atomic E-state index is 11.4. The van der Waals surface area contributed by atoms with Crippen LogP contribution in [0.3, 0.4) is 0 Å². The first-order valence-electron chi connectivity index (χ1n) is 7.18. The van der Waals surface area contributed by atoms with E-state index in [1.807, 2.05) is 0 Å². The molecule has 20 heavy (non-hydrogen) atoms. The predicted octanol–water partition coefficient (Wildman–Crippen LogP) is 4.78. The molecule has 0 saturated carbocycles. The number of benzene rings is 2. The molecule has 1 nitrogen and oxygen atoms in total. The van der Waals surface area contributed by atoms with E-state index < -0.39 is 0 Å². The molecule has 0 N–H and O–H groups in total. The van der Waals surface area contributed by atoms with Gasteiger partial charge < -0.3 is 4.79 Å². The minimum absolute atomic E-state index is 0.0214. The molecule has 0 amide bonds. The fourth-order valence-corrected chi connectivity index (χ4v) is 2.50. The van der Waals surface area contributed by atoms with Crippen molar-refractivity contribution >= 4 is 6.29 Å². The van der Waals surface area contributed by atoms with Crippen molar-refractivity contribution in [3.8, 4) is 0 Å². The summed E-state index contributed by atoms with van der Waals surface area (Å²) in [4.78, 5) is 11.4. The smallest absolute Gasteiger partial charge is 0.127 e. The van der Waals surface area contributed by atoms with E-state index in [-0.39, 0.29) is 5.92 Å². The third-order valence-electron chi connectivity index (χ3n) is 3.92. The van der Waals surface area contributed by atoms with Gasteiger partial charge in [0.2, 0.25) is 0 Å². The quantitative estimate of drug-likeness (QED) is 0.712. The van der Waals surface area contributed by atoms with Crippen molar-refractivity contribution in [2.24, 2.45) is 0 Å². The predicted molar refractivity (Wildman–Crippen MR) is 84.2 cm³/mol. The molecule has 0 saturated heterocycles. The summed E-state index contributed by atoms with van der Waals surface area (Å²) in [7, 11) is 0. The van der Waals surface area contributed by atoms with Gasteiger partial charge in [0.25, 0.3) is 0 Å². The Kier molecular flexibility index (Phi) is 4.73. The van der Waals surface area contributed by atoms with Crippen molar-refractivity contribution in [2.45, 2.75) is 39.0 Å². The third kappa shape index (κ3) is 3.57. The van der Waals surface area contributed by atoms with Crippen LogP contribution in [0, 0.1) is 13.8 Å². The molecule has 2 aromatic rings. The van der Waals surface area contributed by atoms with Crippen LogP contribution >= 0.6 is 0 Å². The second kappa shape index (κ2) is 6.51. The van der Waals surface area contributed by atoms with E-state index >= 15 is 0 Å². The Morgan fingerprint density at radius 3 is 1.75 bits per heavy atom. The summed E-state index contributed by atoms with van der Waals surface area (Å²) in [6.45, 7) is 6.35. The molecule has 0 radical (unpaired) electrons. The van der Waals surface area contributed by atoms with Crippen LogP contribution in [0.2, 0.25) is 0 Å². The molecule has 1 heteroatoms. The van der Waals surface area contributed by atoms with Crippen molar-refractivity contribution in [2.75, 3.05) is 0 Å². The highest BCUT2D eigenvalue weighted by molar-refractivity contribution is 5.62. The Labute approximate surface area is 121 Å². The second-order valence-electron chi connectivity index (χ2n) is 5.70. The van der Waals surface area contributed by atoms with Crippen LogP contribution in [-0.2, 0) is 4.79 Å². The zero-order valence-electron chi connectivity index (χ0n) is 12.5. The number of hydrogen-bond donors (Lipinski definition) is 0. The fraction of sp³-hybridized carbons (Fsp3) is 0.316. The van der Waals surface area contributed by atoms with Crippen LogP contribution in [0.1, 0.15) is 47.4 Å². The Morgan fingerprint density at radius 2 is 1.30 bits per heavy atom. The van der Waals surface area contributed by atoms with Gasteiger partial charge >= 0.3 is 0 Å². The maximum Gasteiger partial charge on any atom is 0.127 e. The monoisotopic (exact) mass is 266 g/mol. The SMILES string of the molecule is Cc1ccc(C(C)CC(C=O)c2ccc(C)cc2)cc1. The highest BCUT2D eigenvalue weighted by Crippen LogP contribution is 2.28. The van der Waals surface area contributed by atoms with Crippen molar-refractivity contribution < 1.29 is 4.79 Å². The number of aryl methyl sites for hydroxylation is 2. The standard InChI is InChI=1S/C19H22O/c1-14-4-8-17(9-5-14)16(3)12-19(13-20)18-10-6-15(2)7-11-18/h4-11,13,16,19H,12H2,1-3H3. The lowest BCUT2D eigenvalue weighted by atomic mass is 9.86. The van der Waals surface area contributed by atoms with Gasteiger partial charge in [0.15, 0.2) is 0 Å². The summed E-state index contributed by atoms with van der Waals surface area (Å²) in [5.41, 5.74) is 4.91. The Bertz CT molecular complexity index is 551. The van der Waals surface area contributed by atoms with Crippen molar-refractivity contribution in [3.63, 3.8) is 0 Å². The van der Waals surface area contributed by atoms with Gasteiger partial charge in [-0.25, -0.2) is 0 Å². The van der Waals surface area contributed by atoms with E-state index in [1.54, 1.807) is 0 Å². The van der Waals surface area contributed by atoms with Crippen LogP contribution < -0.4 is 0 Å². The summed E-state index contributed by atoms with van der Waals surface area (Å²) in [5, 5.41) is 0. The molecular formula is C19H22O.